The molecule has 1 amide bonds. The molecule has 4 nitrogen and oxygen atoms in total. The first-order chi connectivity index (χ1) is 13.1. The Labute approximate surface area is 161 Å². The van der Waals surface area contributed by atoms with Gasteiger partial charge in [-0.25, -0.2) is 4.39 Å². The van der Waals surface area contributed by atoms with E-state index in [2.05, 4.69) is 10.3 Å². The highest BCUT2D eigenvalue weighted by Gasteiger charge is 2.27. The molecule has 0 radical (unpaired) electrons. The average Bonchev–Trinajstić information content (AvgIpc) is 3.09. The van der Waals surface area contributed by atoms with Crippen molar-refractivity contribution in [2.24, 2.45) is 0 Å². The average molecular weight is 383 g/mol. The Morgan fingerprint density at radius 3 is 2.78 bits per heavy atom. The molecule has 0 saturated carbocycles. The first kappa shape index (κ1) is 17.5. The van der Waals surface area contributed by atoms with Gasteiger partial charge in [0.05, 0.1) is 12.1 Å². The van der Waals surface area contributed by atoms with Crippen molar-refractivity contribution in [3.63, 3.8) is 0 Å². The predicted molar refractivity (Wildman–Crippen MR) is 102 cm³/mol. The van der Waals surface area contributed by atoms with Crippen molar-refractivity contribution in [2.75, 3.05) is 6.54 Å². The Balaban J connectivity index is 1.50. The third-order valence-corrected chi connectivity index (χ3v) is 4.68. The molecule has 0 aliphatic carbocycles. The number of nitrogens with one attached hydrogen (secondary N) is 1. The van der Waals surface area contributed by atoms with E-state index in [9.17, 15) is 9.18 Å². The fourth-order valence-corrected chi connectivity index (χ4v) is 3.44. The smallest absolute Gasteiger partial charge is 0.254 e. The number of amides is 1. The van der Waals surface area contributed by atoms with Crippen LogP contribution in [-0.4, -0.2) is 23.5 Å². The van der Waals surface area contributed by atoms with Crippen molar-refractivity contribution < 1.29 is 13.9 Å². The lowest BCUT2D eigenvalue weighted by molar-refractivity contribution is 0.0929. The van der Waals surface area contributed by atoms with Gasteiger partial charge in [-0.3, -0.25) is 9.78 Å². The molecule has 2 heterocycles. The van der Waals surface area contributed by atoms with E-state index in [4.69, 9.17) is 16.3 Å². The third kappa shape index (κ3) is 3.64. The summed E-state index contributed by atoms with van der Waals surface area (Å²) >= 11 is 6.27. The molecule has 0 unspecified atom stereocenters. The topological polar surface area (TPSA) is 51.2 Å². The van der Waals surface area contributed by atoms with Gasteiger partial charge in [-0.1, -0.05) is 23.7 Å². The second kappa shape index (κ2) is 7.37. The van der Waals surface area contributed by atoms with Crippen LogP contribution >= 0.6 is 11.6 Å². The van der Waals surface area contributed by atoms with Crippen molar-refractivity contribution >= 4 is 17.5 Å². The number of rotatable bonds is 4. The van der Waals surface area contributed by atoms with Crippen molar-refractivity contribution in [1.29, 1.82) is 0 Å². The van der Waals surface area contributed by atoms with E-state index < -0.39 is 11.7 Å². The van der Waals surface area contributed by atoms with Crippen LogP contribution in [0.5, 0.6) is 5.75 Å². The highest BCUT2D eigenvalue weighted by Crippen LogP contribution is 2.40. The van der Waals surface area contributed by atoms with Gasteiger partial charge in [-0.2, -0.15) is 0 Å². The van der Waals surface area contributed by atoms with E-state index >= 15 is 0 Å². The Kier molecular flexibility index (Phi) is 4.77. The molecule has 1 atom stereocenters. The van der Waals surface area contributed by atoms with E-state index in [0.29, 0.717) is 11.4 Å². The van der Waals surface area contributed by atoms with Crippen LogP contribution in [0.3, 0.4) is 0 Å². The SMILES string of the molecule is O=C(NC[C@@H]1Cc2cc(Cl)cc(-c3ccncc3)c2O1)c1ccccc1F. The Hall–Kier alpha value is -2.92. The maximum atomic E-state index is 13.7. The van der Waals surface area contributed by atoms with Crippen molar-refractivity contribution in [3.8, 4) is 16.9 Å². The minimum absolute atomic E-state index is 0.0218. The van der Waals surface area contributed by atoms with Crippen LogP contribution in [0, 0.1) is 5.82 Å². The molecule has 1 N–H and O–H groups in total. The number of pyridine rings is 1. The first-order valence-electron chi connectivity index (χ1n) is 8.54. The number of aromatic nitrogens is 1. The predicted octanol–water partition coefficient (Wildman–Crippen LogP) is 4.27. The van der Waals surface area contributed by atoms with Gasteiger partial charge >= 0.3 is 0 Å². The molecule has 0 spiro atoms. The minimum Gasteiger partial charge on any atom is -0.487 e. The van der Waals surface area contributed by atoms with Crippen molar-refractivity contribution in [2.45, 2.75) is 12.5 Å². The minimum atomic E-state index is -0.544. The molecule has 1 aliphatic rings. The van der Waals surface area contributed by atoms with Crippen LogP contribution in [0.4, 0.5) is 4.39 Å². The summed E-state index contributed by atoms with van der Waals surface area (Å²) in [4.78, 5) is 16.2. The molecule has 27 heavy (non-hydrogen) atoms. The Morgan fingerprint density at radius 1 is 1.22 bits per heavy atom. The Bertz CT molecular complexity index is 995. The van der Waals surface area contributed by atoms with Gasteiger partial charge in [0.2, 0.25) is 0 Å². The number of carbonyl (C=O) groups is 1. The van der Waals surface area contributed by atoms with Gasteiger partial charge in [0.25, 0.3) is 5.91 Å². The van der Waals surface area contributed by atoms with E-state index in [0.717, 1.165) is 22.4 Å². The van der Waals surface area contributed by atoms with Gasteiger partial charge in [0, 0.05) is 35.0 Å². The molecule has 0 saturated heterocycles. The fraction of sp³-hybridized carbons (Fsp3) is 0.143. The lowest BCUT2D eigenvalue weighted by atomic mass is 10.0. The van der Waals surface area contributed by atoms with E-state index in [-0.39, 0.29) is 18.2 Å². The zero-order valence-corrected chi connectivity index (χ0v) is 15.0. The summed E-state index contributed by atoms with van der Waals surface area (Å²) in [6, 6.07) is 13.4. The zero-order valence-electron chi connectivity index (χ0n) is 14.3. The molecule has 1 aliphatic heterocycles. The molecule has 136 valence electrons. The standard InChI is InChI=1S/C21H16ClFN2O2/c22-15-9-14-10-16(12-25-21(26)17-3-1-2-4-19(17)23)27-20(14)18(11-15)13-5-7-24-8-6-13/h1-9,11,16H,10,12H2,(H,25,26)/t16-/m0/s1. The van der Waals surface area contributed by atoms with Gasteiger partial charge < -0.3 is 10.1 Å². The molecule has 3 aromatic rings. The number of hydrogen-bond acceptors (Lipinski definition) is 3. The monoisotopic (exact) mass is 382 g/mol. The van der Waals surface area contributed by atoms with Gasteiger partial charge in [-0.05, 0) is 42.0 Å². The van der Waals surface area contributed by atoms with Crippen LogP contribution in [0.15, 0.2) is 60.9 Å². The fourth-order valence-electron chi connectivity index (χ4n) is 3.20. The second-order valence-electron chi connectivity index (χ2n) is 6.31. The number of fused-ring (bicyclic) bond motifs is 1. The number of benzene rings is 2. The molecule has 1 aromatic heterocycles. The quantitative estimate of drug-likeness (QED) is 0.733. The molecule has 4 rings (SSSR count). The maximum Gasteiger partial charge on any atom is 0.254 e. The number of carbonyl (C=O) groups excluding carboxylic acids is 1. The van der Waals surface area contributed by atoms with Crippen LogP contribution in [0.25, 0.3) is 11.1 Å². The molecule has 6 heteroatoms. The number of halogens is 2. The normalized spacial score (nSPS) is 15.1. The second-order valence-corrected chi connectivity index (χ2v) is 6.75. The van der Waals surface area contributed by atoms with Gasteiger partial charge in [0.15, 0.2) is 0 Å². The lowest BCUT2D eigenvalue weighted by Gasteiger charge is -2.14. The van der Waals surface area contributed by atoms with Crippen LogP contribution < -0.4 is 10.1 Å². The molecule has 0 bridgehead atoms. The highest BCUT2D eigenvalue weighted by molar-refractivity contribution is 6.31. The molecule has 0 fully saturated rings. The van der Waals surface area contributed by atoms with Crippen LogP contribution in [0.1, 0.15) is 15.9 Å². The number of ether oxygens (including phenoxy) is 1. The summed E-state index contributed by atoms with van der Waals surface area (Å²) in [6.45, 7) is 0.273. The summed E-state index contributed by atoms with van der Waals surface area (Å²) in [5, 5.41) is 3.37. The Morgan fingerprint density at radius 2 is 2.00 bits per heavy atom. The molecular weight excluding hydrogens is 367 g/mol. The van der Waals surface area contributed by atoms with E-state index in [1.165, 1.54) is 12.1 Å². The summed E-state index contributed by atoms with van der Waals surface area (Å²) in [5.74, 6) is -0.242. The molecule has 2 aromatic carbocycles. The highest BCUT2D eigenvalue weighted by atomic mass is 35.5. The summed E-state index contributed by atoms with van der Waals surface area (Å²) in [7, 11) is 0. The maximum absolute atomic E-state index is 13.7. The van der Waals surface area contributed by atoms with Crippen LogP contribution in [0.2, 0.25) is 5.02 Å². The lowest BCUT2D eigenvalue weighted by Crippen LogP contribution is -2.34. The van der Waals surface area contributed by atoms with E-state index in [1.54, 1.807) is 24.5 Å². The third-order valence-electron chi connectivity index (χ3n) is 4.46. The largest absolute Gasteiger partial charge is 0.487 e. The zero-order chi connectivity index (χ0) is 18.8. The van der Waals surface area contributed by atoms with Gasteiger partial charge in [0.1, 0.15) is 17.7 Å². The summed E-state index contributed by atoms with van der Waals surface area (Å²) in [6.07, 6.45) is 3.80. The number of nitrogens with zero attached hydrogens (tertiary/aromatic N) is 1. The summed E-state index contributed by atoms with van der Waals surface area (Å²) in [5.41, 5.74) is 2.86. The van der Waals surface area contributed by atoms with E-state index in [1.807, 2.05) is 24.3 Å². The van der Waals surface area contributed by atoms with Crippen LogP contribution in [-0.2, 0) is 6.42 Å². The van der Waals surface area contributed by atoms with Gasteiger partial charge in [-0.15, -0.1) is 0 Å². The first-order valence-corrected chi connectivity index (χ1v) is 8.92. The molecular formula is C21H16ClFN2O2. The number of hydrogen-bond donors (Lipinski definition) is 1. The summed E-state index contributed by atoms with van der Waals surface area (Å²) < 4.78 is 19.8. The van der Waals surface area contributed by atoms with Crippen molar-refractivity contribution in [3.05, 3.63) is 82.9 Å². The van der Waals surface area contributed by atoms with Crippen molar-refractivity contribution in [1.82, 2.24) is 10.3 Å².